The van der Waals surface area contributed by atoms with Crippen LogP contribution in [0.2, 0.25) is 0 Å². The molecule has 0 bridgehead atoms. The van der Waals surface area contributed by atoms with Gasteiger partial charge in [-0.15, -0.1) is 0 Å². The zero-order valence-electron chi connectivity index (χ0n) is 21.5. The lowest BCUT2D eigenvalue weighted by Gasteiger charge is -2.32. The first kappa shape index (κ1) is 24.4. The number of hydrogen-bond donors (Lipinski definition) is 2. The summed E-state index contributed by atoms with van der Waals surface area (Å²) in [5.74, 6) is 0.192. The summed E-state index contributed by atoms with van der Waals surface area (Å²) in [5, 5.41) is 12.7. The van der Waals surface area contributed by atoms with Crippen LogP contribution in [-0.2, 0) is 29.1 Å². The first-order chi connectivity index (χ1) is 18.4. The molecule has 3 aromatic carbocycles. The van der Waals surface area contributed by atoms with Crippen molar-refractivity contribution in [2.24, 2.45) is 17.8 Å². The highest BCUT2D eigenvalue weighted by Gasteiger charge is 2.44. The van der Waals surface area contributed by atoms with Crippen LogP contribution < -0.4 is 5.32 Å². The summed E-state index contributed by atoms with van der Waals surface area (Å²) in [6, 6.07) is 21.2. The van der Waals surface area contributed by atoms with Gasteiger partial charge in [-0.25, -0.2) is 4.79 Å². The highest BCUT2D eigenvalue weighted by molar-refractivity contribution is 5.90. The molecule has 4 unspecified atom stereocenters. The fraction of sp³-hybridized carbons (Fsp3) is 0.344. The molecule has 6 heteroatoms. The van der Waals surface area contributed by atoms with Crippen LogP contribution in [-0.4, -0.2) is 34.3 Å². The Morgan fingerprint density at radius 3 is 2.47 bits per heavy atom. The summed E-state index contributed by atoms with van der Waals surface area (Å²) in [4.78, 5) is 39.6. The van der Waals surface area contributed by atoms with Crippen molar-refractivity contribution >= 4 is 17.8 Å². The molecule has 0 radical (unpaired) electrons. The van der Waals surface area contributed by atoms with Gasteiger partial charge in [0.1, 0.15) is 0 Å². The van der Waals surface area contributed by atoms with Gasteiger partial charge in [-0.3, -0.25) is 9.59 Å². The SMILES string of the molecule is CC1CC1C(=O)N1CCc2c(-c3cccc(C(=O)O)c3)ccc(CNC(=O)C3CC3c3ccccc3)c2C1. The molecule has 38 heavy (non-hydrogen) atoms. The molecular weight excluding hydrogens is 476 g/mol. The molecule has 2 fully saturated rings. The second-order valence-electron chi connectivity index (χ2n) is 11.0. The lowest BCUT2D eigenvalue weighted by Crippen LogP contribution is -2.38. The van der Waals surface area contributed by atoms with E-state index >= 15 is 0 Å². The van der Waals surface area contributed by atoms with E-state index in [-0.39, 0.29) is 35.1 Å². The number of amides is 2. The lowest BCUT2D eigenvalue weighted by atomic mass is 9.87. The molecule has 1 heterocycles. The first-order valence-electron chi connectivity index (χ1n) is 13.5. The zero-order valence-corrected chi connectivity index (χ0v) is 21.5. The predicted octanol–water partition coefficient (Wildman–Crippen LogP) is 5.01. The van der Waals surface area contributed by atoms with Crippen LogP contribution in [0.15, 0.2) is 66.7 Å². The Morgan fingerprint density at radius 2 is 1.74 bits per heavy atom. The molecule has 3 aromatic rings. The molecule has 0 spiro atoms. The summed E-state index contributed by atoms with van der Waals surface area (Å²) >= 11 is 0. The first-order valence-corrected chi connectivity index (χ1v) is 13.5. The maximum Gasteiger partial charge on any atom is 0.335 e. The topological polar surface area (TPSA) is 86.7 Å². The second kappa shape index (κ2) is 9.75. The molecule has 3 aliphatic rings. The van der Waals surface area contributed by atoms with Crippen LogP contribution in [0.3, 0.4) is 0 Å². The average molecular weight is 509 g/mol. The number of carboxylic acid groups (broad SMARTS) is 1. The monoisotopic (exact) mass is 508 g/mol. The average Bonchev–Trinajstić information content (AvgIpc) is 3.87. The van der Waals surface area contributed by atoms with Crippen molar-refractivity contribution in [3.05, 3.63) is 94.5 Å². The molecule has 2 saturated carbocycles. The minimum absolute atomic E-state index is 0.000637. The number of nitrogens with one attached hydrogen (secondary N) is 1. The van der Waals surface area contributed by atoms with Crippen molar-refractivity contribution < 1.29 is 19.5 Å². The minimum atomic E-state index is -0.954. The van der Waals surface area contributed by atoms with E-state index in [4.69, 9.17) is 0 Å². The summed E-state index contributed by atoms with van der Waals surface area (Å²) in [7, 11) is 0. The van der Waals surface area contributed by atoms with Crippen molar-refractivity contribution in [1.29, 1.82) is 0 Å². The Morgan fingerprint density at radius 1 is 0.947 bits per heavy atom. The Balaban J connectivity index is 1.26. The number of aromatic carboxylic acids is 1. The summed E-state index contributed by atoms with van der Waals surface area (Å²) in [5.41, 5.74) is 6.55. The highest BCUT2D eigenvalue weighted by Crippen LogP contribution is 2.47. The van der Waals surface area contributed by atoms with Crippen molar-refractivity contribution in [3.8, 4) is 11.1 Å². The largest absolute Gasteiger partial charge is 0.478 e. The van der Waals surface area contributed by atoms with Gasteiger partial charge in [0.15, 0.2) is 0 Å². The smallest absolute Gasteiger partial charge is 0.335 e. The quantitative estimate of drug-likeness (QED) is 0.470. The Kier molecular flexibility index (Phi) is 6.26. The molecule has 2 aliphatic carbocycles. The highest BCUT2D eigenvalue weighted by atomic mass is 16.4. The predicted molar refractivity (Wildman–Crippen MR) is 144 cm³/mol. The summed E-state index contributed by atoms with van der Waals surface area (Å²) in [6.07, 6.45) is 2.53. The van der Waals surface area contributed by atoms with Gasteiger partial charge in [-0.2, -0.15) is 0 Å². The van der Waals surface area contributed by atoms with E-state index in [2.05, 4.69) is 24.4 Å². The van der Waals surface area contributed by atoms with Gasteiger partial charge in [-0.05, 0) is 76.6 Å². The van der Waals surface area contributed by atoms with Crippen LogP contribution in [0.1, 0.15) is 58.3 Å². The van der Waals surface area contributed by atoms with E-state index in [0.29, 0.717) is 32.0 Å². The number of benzene rings is 3. The number of rotatable bonds is 7. The minimum Gasteiger partial charge on any atom is -0.478 e. The second-order valence-corrected chi connectivity index (χ2v) is 11.0. The number of carbonyl (C=O) groups excluding carboxylic acids is 2. The van der Waals surface area contributed by atoms with Crippen molar-refractivity contribution in [3.63, 3.8) is 0 Å². The number of nitrogens with zero attached hydrogens (tertiary/aromatic N) is 1. The van der Waals surface area contributed by atoms with Crippen molar-refractivity contribution in [1.82, 2.24) is 10.2 Å². The molecule has 2 N–H and O–H groups in total. The Bertz CT molecular complexity index is 1420. The molecule has 2 amide bonds. The number of fused-ring (bicyclic) bond motifs is 1. The fourth-order valence-electron chi connectivity index (χ4n) is 5.95. The van der Waals surface area contributed by atoms with Gasteiger partial charge in [0.05, 0.1) is 5.56 Å². The van der Waals surface area contributed by atoms with Crippen LogP contribution in [0.5, 0.6) is 0 Å². The van der Waals surface area contributed by atoms with Gasteiger partial charge in [-0.1, -0.05) is 61.5 Å². The molecule has 4 atom stereocenters. The van der Waals surface area contributed by atoms with Gasteiger partial charge < -0.3 is 15.3 Å². The molecular formula is C32H32N2O4. The Labute approximate surface area is 222 Å². The summed E-state index contributed by atoms with van der Waals surface area (Å²) in [6.45, 7) is 3.70. The standard InChI is InChI=1S/C32H32N2O4/c1-19-14-26(19)31(36)34-13-12-25-24(21-8-5-9-22(15-21)32(37)38)11-10-23(29(25)18-34)17-33-30(35)28-16-27(28)20-6-3-2-4-7-20/h2-11,15,19,26-28H,12-14,16-18H2,1H3,(H,33,35)(H,37,38). The van der Waals surface area contributed by atoms with Gasteiger partial charge in [0, 0.05) is 31.5 Å². The fourth-order valence-corrected chi connectivity index (χ4v) is 5.95. The molecule has 194 valence electrons. The van der Waals surface area contributed by atoms with Crippen LogP contribution in [0, 0.1) is 17.8 Å². The van der Waals surface area contributed by atoms with Crippen LogP contribution >= 0.6 is 0 Å². The molecule has 1 aliphatic heterocycles. The third-order valence-corrected chi connectivity index (χ3v) is 8.48. The van der Waals surface area contributed by atoms with E-state index in [1.807, 2.05) is 41.3 Å². The third kappa shape index (κ3) is 4.71. The third-order valence-electron chi connectivity index (χ3n) is 8.48. The van der Waals surface area contributed by atoms with Gasteiger partial charge in [0.25, 0.3) is 0 Å². The van der Waals surface area contributed by atoms with E-state index in [9.17, 15) is 19.5 Å². The Hall–Kier alpha value is -3.93. The normalized spacial score (nSPS) is 23.3. The van der Waals surface area contributed by atoms with E-state index in [0.717, 1.165) is 40.7 Å². The lowest BCUT2D eigenvalue weighted by molar-refractivity contribution is -0.133. The molecule has 6 nitrogen and oxygen atoms in total. The molecule has 6 rings (SSSR count). The van der Waals surface area contributed by atoms with E-state index < -0.39 is 5.97 Å². The van der Waals surface area contributed by atoms with Crippen LogP contribution in [0.25, 0.3) is 11.1 Å². The van der Waals surface area contributed by atoms with Crippen LogP contribution in [0.4, 0.5) is 0 Å². The number of carboxylic acids is 1. The number of carbonyl (C=O) groups is 3. The maximum absolute atomic E-state index is 13.1. The summed E-state index contributed by atoms with van der Waals surface area (Å²) < 4.78 is 0. The van der Waals surface area contributed by atoms with E-state index in [1.54, 1.807) is 18.2 Å². The molecule has 0 saturated heterocycles. The van der Waals surface area contributed by atoms with Crippen molar-refractivity contribution in [2.75, 3.05) is 6.54 Å². The van der Waals surface area contributed by atoms with Gasteiger partial charge in [0.2, 0.25) is 11.8 Å². The van der Waals surface area contributed by atoms with Crippen molar-refractivity contribution in [2.45, 2.75) is 45.2 Å². The molecule has 0 aromatic heterocycles. The maximum atomic E-state index is 13.1. The van der Waals surface area contributed by atoms with E-state index in [1.165, 1.54) is 5.56 Å². The zero-order chi connectivity index (χ0) is 26.4. The number of hydrogen-bond acceptors (Lipinski definition) is 3. The van der Waals surface area contributed by atoms with Gasteiger partial charge >= 0.3 is 5.97 Å².